The summed E-state index contributed by atoms with van der Waals surface area (Å²) in [5, 5.41) is 2.03. The minimum atomic E-state index is -0.150. The fraction of sp³-hybridized carbons (Fsp3) is 0.250. The van der Waals surface area contributed by atoms with Gasteiger partial charge in [-0.05, 0) is 17.5 Å². The number of ether oxygens (including phenoxy) is 1. The lowest BCUT2D eigenvalue weighted by atomic mass is 10.3. The molecule has 1 aliphatic heterocycles. The monoisotopic (exact) mass is 252 g/mol. The second-order valence-electron chi connectivity index (χ2n) is 3.30. The summed E-state index contributed by atoms with van der Waals surface area (Å²) >= 11 is 3.22. The van der Waals surface area contributed by atoms with E-state index in [9.17, 15) is 4.79 Å². The molecule has 0 aromatic heterocycles. The van der Waals surface area contributed by atoms with E-state index in [4.69, 9.17) is 4.74 Å². The molecule has 0 spiro atoms. The predicted octanol–water partition coefficient (Wildman–Crippen LogP) is 2.95. The lowest BCUT2D eigenvalue weighted by Gasteiger charge is -2.15. The van der Waals surface area contributed by atoms with E-state index in [1.165, 1.54) is 23.8 Å². The molecule has 0 N–H and O–H groups in total. The Morgan fingerprint density at radius 2 is 2.12 bits per heavy atom. The van der Waals surface area contributed by atoms with E-state index >= 15 is 0 Å². The summed E-state index contributed by atoms with van der Waals surface area (Å²) < 4.78 is 4.79. The van der Waals surface area contributed by atoms with Crippen molar-refractivity contribution in [2.45, 2.75) is 15.4 Å². The Hall–Kier alpha value is -0.870. The van der Waals surface area contributed by atoms with Crippen LogP contribution >= 0.6 is 23.5 Å². The molecule has 1 aromatic carbocycles. The van der Waals surface area contributed by atoms with Gasteiger partial charge in [0.25, 0.3) is 0 Å². The Balaban J connectivity index is 2.04. The van der Waals surface area contributed by atoms with Crippen LogP contribution in [0.15, 0.2) is 46.7 Å². The smallest absolute Gasteiger partial charge is 0.320 e. The van der Waals surface area contributed by atoms with E-state index in [0.717, 1.165) is 0 Å². The van der Waals surface area contributed by atoms with Crippen molar-refractivity contribution in [1.29, 1.82) is 0 Å². The molecule has 0 saturated carbocycles. The van der Waals surface area contributed by atoms with Crippen LogP contribution in [0.25, 0.3) is 0 Å². The average molecular weight is 252 g/mol. The molecular weight excluding hydrogens is 240 g/mol. The summed E-state index contributed by atoms with van der Waals surface area (Å²) in [6, 6.07) is 10.1. The fourth-order valence-electron chi connectivity index (χ4n) is 1.45. The molecule has 2 rings (SSSR count). The third-order valence-corrected chi connectivity index (χ3v) is 4.75. The molecule has 16 heavy (non-hydrogen) atoms. The van der Waals surface area contributed by atoms with Gasteiger partial charge in [-0.1, -0.05) is 24.3 Å². The average Bonchev–Trinajstić information content (AvgIpc) is 2.77. The summed E-state index contributed by atoms with van der Waals surface area (Å²) in [6.07, 6.45) is 2.06. The van der Waals surface area contributed by atoms with Crippen molar-refractivity contribution in [1.82, 2.24) is 0 Å². The van der Waals surface area contributed by atoms with Crippen LogP contribution in [0.4, 0.5) is 0 Å². The van der Waals surface area contributed by atoms with E-state index < -0.39 is 0 Å². The van der Waals surface area contributed by atoms with Gasteiger partial charge >= 0.3 is 5.97 Å². The zero-order valence-electron chi connectivity index (χ0n) is 8.83. The standard InChI is InChI=1S/C12H12O2S2/c1-14-12(13)11-10(7-8-15-11)16-9-5-3-2-4-6-9/h2-8,10-11H,1H3. The van der Waals surface area contributed by atoms with E-state index in [1.54, 1.807) is 11.8 Å². The van der Waals surface area contributed by atoms with Crippen molar-refractivity contribution in [3.8, 4) is 0 Å². The van der Waals surface area contributed by atoms with Gasteiger partial charge in [-0.25, -0.2) is 0 Å². The Labute approximate surface area is 103 Å². The largest absolute Gasteiger partial charge is 0.468 e. The maximum atomic E-state index is 11.5. The van der Waals surface area contributed by atoms with Crippen LogP contribution in [-0.4, -0.2) is 23.6 Å². The number of esters is 1. The van der Waals surface area contributed by atoms with E-state index in [0.29, 0.717) is 0 Å². The predicted molar refractivity (Wildman–Crippen MR) is 68.6 cm³/mol. The Morgan fingerprint density at radius 1 is 1.38 bits per heavy atom. The summed E-state index contributed by atoms with van der Waals surface area (Å²) in [4.78, 5) is 12.7. The molecular formula is C12H12O2S2. The summed E-state index contributed by atoms with van der Waals surface area (Å²) in [6.45, 7) is 0. The molecule has 2 unspecified atom stereocenters. The zero-order valence-corrected chi connectivity index (χ0v) is 10.5. The molecule has 1 heterocycles. The van der Waals surface area contributed by atoms with E-state index in [-0.39, 0.29) is 16.5 Å². The number of carbonyl (C=O) groups is 1. The third-order valence-electron chi connectivity index (χ3n) is 2.24. The Kier molecular flexibility index (Phi) is 3.96. The number of hydrogen-bond donors (Lipinski definition) is 0. The normalized spacial score (nSPS) is 23.3. The highest BCUT2D eigenvalue weighted by Crippen LogP contribution is 2.37. The summed E-state index contributed by atoms with van der Waals surface area (Å²) in [5.41, 5.74) is 0. The second-order valence-corrected chi connectivity index (χ2v) is 5.61. The van der Waals surface area contributed by atoms with Crippen LogP contribution < -0.4 is 0 Å². The van der Waals surface area contributed by atoms with Crippen LogP contribution in [0.1, 0.15) is 0 Å². The van der Waals surface area contributed by atoms with Crippen LogP contribution in [-0.2, 0) is 9.53 Å². The van der Waals surface area contributed by atoms with Crippen molar-refractivity contribution in [3.05, 3.63) is 41.8 Å². The summed E-state index contributed by atoms with van der Waals surface area (Å²) in [5.74, 6) is -0.150. The van der Waals surface area contributed by atoms with Gasteiger partial charge in [0.15, 0.2) is 0 Å². The van der Waals surface area contributed by atoms with Gasteiger partial charge in [0.2, 0.25) is 0 Å². The number of carbonyl (C=O) groups excluding carboxylic acids is 1. The Morgan fingerprint density at radius 3 is 2.81 bits per heavy atom. The van der Waals surface area contributed by atoms with Gasteiger partial charge in [0.05, 0.1) is 12.4 Å². The molecule has 1 aromatic rings. The number of rotatable bonds is 3. The van der Waals surface area contributed by atoms with Crippen LogP contribution in [0.2, 0.25) is 0 Å². The minimum absolute atomic E-state index is 0.116. The topological polar surface area (TPSA) is 26.3 Å². The molecule has 4 heteroatoms. The van der Waals surface area contributed by atoms with Crippen LogP contribution in [0, 0.1) is 0 Å². The lowest BCUT2D eigenvalue weighted by molar-refractivity contribution is -0.139. The highest BCUT2D eigenvalue weighted by atomic mass is 32.2. The highest BCUT2D eigenvalue weighted by molar-refractivity contribution is 8.06. The Bertz CT molecular complexity index is 389. The van der Waals surface area contributed by atoms with E-state index in [2.05, 4.69) is 18.2 Å². The maximum absolute atomic E-state index is 11.5. The molecule has 84 valence electrons. The molecule has 1 aliphatic rings. The maximum Gasteiger partial charge on any atom is 0.320 e. The first-order valence-corrected chi connectivity index (χ1v) is 6.75. The molecule has 0 amide bonds. The van der Waals surface area contributed by atoms with Crippen molar-refractivity contribution in [2.24, 2.45) is 0 Å². The van der Waals surface area contributed by atoms with Gasteiger partial charge in [0, 0.05) is 4.90 Å². The minimum Gasteiger partial charge on any atom is -0.468 e. The first kappa shape index (κ1) is 11.6. The van der Waals surface area contributed by atoms with Crippen LogP contribution in [0.5, 0.6) is 0 Å². The number of thioether (sulfide) groups is 2. The lowest BCUT2D eigenvalue weighted by Crippen LogP contribution is -2.25. The first-order valence-electron chi connectivity index (χ1n) is 4.93. The summed E-state index contributed by atoms with van der Waals surface area (Å²) in [7, 11) is 1.44. The van der Waals surface area contributed by atoms with Crippen LogP contribution in [0.3, 0.4) is 0 Å². The molecule has 0 saturated heterocycles. The van der Waals surface area contributed by atoms with Crippen molar-refractivity contribution in [3.63, 3.8) is 0 Å². The molecule has 0 radical (unpaired) electrons. The molecule has 2 nitrogen and oxygen atoms in total. The van der Waals surface area contributed by atoms with Gasteiger partial charge in [0.1, 0.15) is 5.25 Å². The van der Waals surface area contributed by atoms with Gasteiger partial charge in [-0.3, -0.25) is 4.79 Å². The second kappa shape index (κ2) is 5.46. The number of benzene rings is 1. The molecule has 0 bridgehead atoms. The quantitative estimate of drug-likeness (QED) is 0.773. The first-order chi connectivity index (χ1) is 7.81. The van der Waals surface area contributed by atoms with Gasteiger partial charge in [-0.2, -0.15) is 0 Å². The molecule has 0 aliphatic carbocycles. The van der Waals surface area contributed by atoms with Gasteiger partial charge in [-0.15, -0.1) is 23.5 Å². The fourth-order valence-corrected chi connectivity index (χ4v) is 3.81. The third kappa shape index (κ3) is 2.62. The van der Waals surface area contributed by atoms with Gasteiger partial charge < -0.3 is 4.74 Å². The van der Waals surface area contributed by atoms with E-state index in [1.807, 2.05) is 23.6 Å². The number of hydrogen-bond acceptors (Lipinski definition) is 4. The zero-order chi connectivity index (χ0) is 11.4. The number of methoxy groups -OCH3 is 1. The van der Waals surface area contributed by atoms with Crippen molar-refractivity contribution < 1.29 is 9.53 Å². The van der Waals surface area contributed by atoms with Crippen molar-refractivity contribution in [2.75, 3.05) is 7.11 Å². The molecule has 2 atom stereocenters. The highest BCUT2D eigenvalue weighted by Gasteiger charge is 2.31. The van der Waals surface area contributed by atoms with Crippen molar-refractivity contribution >= 4 is 29.5 Å². The SMILES string of the molecule is COC(=O)C1SC=CC1Sc1ccccc1. The molecule has 0 fully saturated rings.